The van der Waals surface area contributed by atoms with E-state index >= 15 is 0 Å². The van der Waals surface area contributed by atoms with Crippen LogP contribution in [0, 0.1) is 0 Å². The van der Waals surface area contributed by atoms with Crippen LogP contribution >= 0.6 is 0 Å². The summed E-state index contributed by atoms with van der Waals surface area (Å²) in [5.41, 5.74) is 1.76. The summed E-state index contributed by atoms with van der Waals surface area (Å²) >= 11 is 0. The number of fused-ring (bicyclic) bond motifs is 1. The van der Waals surface area contributed by atoms with Crippen LogP contribution in [-0.2, 0) is 0 Å². The fourth-order valence-electron chi connectivity index (χ4n) is 2.87. The van der Waals surface area contributed by atoms with Crippen LogP contribution in [0.4, 0.5) is 4.79 Å². The maximum atomic E-state index is 12.3. The molecule has 0 spiro atoms. The summed E-state index contributed by atoms with van der Waals surface area (Å²) in [6.45, 7) is 6.35. The van der Waals surface area contributed by atoms with Crippen LogP contribution in [0.3, 0.4) is 0 Å². The molecule has 0 saturated carbocycles. The molecule has 136 valence electrons. The fraction of sp³-hybridized carbons (Fsp3) is 0.286. The third kappa shape index (κ3) is 3.99. The van der Waals surface area contributed by atoms with Crippen molar-refractivity contribution in [2.45, 2.75) is 32.9 Å². The Kier molecular flexibility index (Phi) is 5.46. The van der Waals surface area contributed by atoms with E-state index in [1.807, 2.05) is 75.4 Å². The average Bonchev–Trinajstić information content (AvgIpc) is 3.08. The Bertz CT molecular complexity index is 873. The molecular formula is C21H24N2O3. The number of amides is 2. The molecule has 1 heterocycles. The van der Waals surface area contributed by atoms with Gasteiger partial charge in [0.05, 0.1) is 18.7 Å². The van der Waals surface area contributed by atoms with Gasteiger partial charge in [-0.2, -0.15) is 0 Å². The standard InChI is InChI=1S/C21H24N2O3/c1-4-25-18-12-8-11-17-13-19(26-20(17)18)15(3)23-21(24)22-14(2)16-9-6-5-7-10-16/h5-15H,4H2,1-3H3,(H2,22,23,24)/t14-,15-/m1/s1. The summed E-state index contributed by atoms with van der Waals surface area (Å²) in [7, 11) is 0. The van der Waals surface area contributed by atoms with Crippen molar-refractivity contribution in [3.63, 3.8) is 0 Å². The number of hydrogen-bond acceptors (Lipinski definition) is 3. The third-order valence-electron chi connectivity index (χ3n) is 4.25. The van der Waals surface area contributed by atoms with Gasteiger partial charge in [-0.25, -0.2) is 4.79 Å². The molecule has 3 aromatic rings. The molecule has 0 saturated heterocycles. The highest BCUT2D eigenvalue weighted by molar-refractivity contribution is 5.84. The fourth-order valence-corrected chi connectivity index (χ4v) is 2.87. The summed E-state index contributed by atoms with van der Waals surface area (Å²) < 4.78 is 11.5. The maximum absolute atomic E-state index is 12.3. The van der Waals surface area contributed by atoms with Crippen molar-refractivity contribution in [1.29, 1.82) is 0 Å². The quantitative estimate of drug-likeness (QED) is 0.659. The summed E-state index contributed by atoms with van der Waals surface area (Å²) in [4.78, 5) is 12.3. The molecule has 26 heavy (non-hydrogen) atoms. The minimum atomic E-state index is -0.264. The molecule has 3 rings (SSSR count). The molecule has 5 heteroatoms. The number of benzene rings is 2. The van der Waals surface area contributed by atoms with Crippen LogP contribution in [0.15, 0.2) is 59.0 Å². The van der Waals surface area contributed by atoms with E-state index in [2.05, 4.69) is 10.6 Å². The van der Waals surface area contributed by atoms with E-state index in [1.54, 1.807) is 0 Å². The molecule has 0 aliphatic rings. The predicted molar refractivity (Wildman–Crippen MR) is 102 cm³/mol. The van der Waals surface area contributed by atoms with E-state index in [0.29, 0.717) is 23.7 Å². The Morgan fingerprint density at radius 2 is 1.77 bits per heavy atom. The molecule has 2 amide bonds. The molecule has 2 atom stereocenters. The van der Waals surface area contributed by atoms with Gasteiger partial charge in [-0.05, 0) is 38.5 Å². The first-order chi connectivity index (χ1) is 12.6. The van der Waals surface area contributed by atoms with Gasteiger partial charge in [-0.1, -0.05) is 42.5 Å². The molecule has 0 fully saturated rings. The number of urea groups is 1. The first-order valence-electron chi connectivity index (χ1n) is 8.85. The Morgan fingerprint density at radius 1 is 1.04 bits per heavy atom. The monoisotopic (exact) mass is 352 g/mol. The van der Waals surface area contributed by atoms with E-state index in [4.69, 9.17) is 9.15 Å². The molecule has 0 radical (unpaired) electrons. The Labute approximate surface area is 153 Å². The molecular weight excluding hydrogens is 328 g/mol. The van der Waals surface area contributed by atoms with E-state index in [1.165, 1.54) is 0 Å². The predicted octanol–water partition coefficient (Wildman–Crippen LogP) is 4.95. The van der Waals surface area contributed by atoms with Gasteiger partial charge in [-0.15, -0.1) is 0 Å². The molecule has 1 aromatic heterocycles. The summed E-state index contributed by atoms with van der Waals surface area (Å²) in [6, 6.07) is 17.0. The highest BCUT2D eigenvalue weighted by Crippen LogP contribution is 2.31. The topological polar surface area (TPSA) is 63.5 Å². The first kappa shape index (κ1) is 17.9. The lowest BCUT2D eigenvalue weighted by Crippen LogP contribution is -2.38. The SMILES string of the molecule is CCOc1cccc2cc([C@@H](C)NC(=O)N[C@H](C)c3ccccc3)oc12. The number of nitrogens with one attached hydrogen (secondary N) is 2. The van der Waals surface area contributed by atoms with Crippen molar-refractivity contribution in [2.24, 2.45) is 0 Å². The minimum Gasteiger partial charge on any atom is -0.490 e. The van der Waals surface area contributed by atoms with Crippen LogP contribution in [-0.4, -0.2) is 12.6 Å². The molecule has 5 nitrogen and oxygen atoms in total. The Balaban J connectivity index is 1.67. The summed E-state index contributed by atoms with van der Waals surface area (Å²) in [6.07, 6.45) is 0. The average molecular weight is 352 g/mol. The second kappa shape index (κ2) is 7.95. The number of hydrogen-bond donors (Lipinski definition) is 2. The second-order valence-corrected chi connectivity index (χ2v) is 6.23. The molecule has 2 aromatic carbocycles. The van der Waals surface area contributed by atoms with Gasteiger partial charge in [0, 0.05) is 5.39 Å². The van der Waals surface area contributed by atoms with Crippen LogP contribution in [0.1, 0.15) is 44.2 Å². The van der Waals surface area contributed by atoms with Crippen molar-refractivity contribution >= 4 is 17.0 Å². The number of carbonyl (C=O) groups excluding carboxylic acids is 1. The van der Waals surface area contributed by atoms with Crippen LogP contribution in [0.2, 0.25) is 0 Å². The zero-order chi connectivity index (χ0) is 18.5. The first-order valence-corrected chi connectivity index (χ1v) is 8.85. The smallest absolute Gasteiger partial charge is 0.315 e. The van der Waals surface area contributed by atoms with Gasteiger partial charge in [0.1, 0.15) is 5.76 Å². The van der Waals surface area contributed by atoms with Crippen molar-refractivity contribution in [3.8, 4) is 5.75 Å². The van der Waals surface area contributed by atoms with Crippen LogP contribution in [0.25, 0.3) is 11.0 Å². The number of furan rings is 1. The van der Waals surface area contributed by atoms with Crippen molar-refractivity contribution in [3.05, 3.63) is 65.9 Å². The van der Waals surface area contributed by atoms with E-state index in [-0.39, 0.29) is 18.1 Å². The highest BCUT2D eigenvalue weighted by Gasteiger charge is 2.17. The van der Waals surface area contributed by atoms with E-state index in [0.717, 1.165) is 10.9 Å². The number of rotatable bonds is 6. The van der Waals surface area contributed by atoms with Crippen molar-refractivity contribution in [1.82, 2.24) is 10.6 Å². The lowest BCUT2D eigenvalue weighted by molar-refractivity contribution is 0.233. The number of para-hydroxylation sites is 1. The Hall–Kier alpha value is -2.95. The summed E-state index contributed by atoms with van der Waals surface area (Å²) in [5, 5.41) is 6.83. The summed E-state index contributed by atoms with van der Waals surface area (Å²) in [5.74, 6) is 1.40. The van der Waals surface area contributed by atoms with Gasteiger partial charge in [0.25, 0.3) is 0 Å². The number of carbonyl (C=O) groups is 1. The molecule has 0 aliphatic carbocycles. The second-order valence-electron chi connectivity index (χ2n) is 6.23. The van der Waals surface area contributed by atoms with Gasteiger partial charge < -0.3 is 19.8 Å². The van der Waals surface area contributed by atoms with Crippen molar-refractivity contribution in [2.75, 3.05) is 6.61 Å². The van der Waals surface area contributed by atoms with Gasteiger partial charge in [0.15, 0.2) is 11.3 Å². The Morgan fingerprint density at radius 3 is 2.50 bits per heavy atom. The normalized spacial score (nSPS) is 13.2. The van der Waals surface area contributed by atoms with Crippen LogP contribution in [0.5, 0.6) is 5.75 Å². The van der Waals surface area contributed by atoms with E-state index < -0.39 is 0 Å². The van der Waals surface area contributed by atoms with Crippen molar-refractivity contribution < 1.29 is 13.9 Å². The van der Waals surface area contributed by atoms with E-state index in [9.17, 15) is 4.79 Å². The molecule has 0 aliphatic heterocycles. The highest BCUT2D eigenvalue weighted by atomic mass is 16.5. The van der Waals surface area contributed by atoms with Gasteiger partial charge in [-0.3, -0.25) is 0 Å². The largest absolute Gasteiger partial charge is 0.490 e. The minimum absolute atomic E-state index is 0.0800. The van der Waals surface area contributed by atoms with Crippen LogP contribution < -0.4 is 15.4 Å². The lowest BCUT2D eigenvalue weighted by Gasteiger charge is -2.17. The number of ether oxygens (including phenoxy) is 1. The molecule has 0 unspecified atom stereocenters. The van der Waals surface area contributed by atoms with Gasteiger partial charge in [0.2, 0.25) is 0 Å². The molecule has 0 bridgehead atoms. The maximum Gasteiger partial charge on any atom is 0.315 e. The third-order valence-corrected chi connectivity index (χ3v) is 4.25. The molecule has 2 N–H and O–H groups in total. The zero-order valence-electron chi connectivity index (χ0n) is 15.3. The zero-order valence-corrected chi connectivity index (χ0v) is 15.3. The lowest BCUT2D eigenvalue weighted by atomic mass is 10.1. The van der Waals surface area contributed by atoms with Gasteiger partial charge >= 0.3 is 6.03 Å².